The van der Waals surface area contributed by atoms with Gasteiger partial charge in [0.1, 0.15) is 0 Å². The number of hydrogen-bond donors (Lipinski definition) is 0. The Bertz CT molecular complexity index is 422. The number of methoxy groups -OCH3 is 1. The van der Waals surface area contributed by atoms with Crippen LogP contribution < -0.4 is 0 Å². The van der Waals surface area contributed by atoms with Crippen LogP contribution in [0, 0.1) is 11.3 Å². The van der Waals surface area contributed by atoms with E-state index < -0.39 is 11.2 Å². The SMILES string of the molecule is COC(=O)[C@@]1(CCC2(C)OCCO2)C=CC(=O)C[C@H]1C. The first kappa shape index (κ1) is 15.2. The maximum absolute atomic E-state index is 12.2. The number of hydrogen-bond acceptors (Lipinski definition) is 5. The lowest BCUT2D eigenvalue weighted by Crippen LogP contribution is -2.42. The summed E-state index contributed by atoms with van der Waals surface area (Å²) in [7, 11) is 1.38. The lowest BCUT2D eigenvalue weighted by molar-refractivity contribution is -0.164. The highest BCUT2D eigenvalue weighted by molar-refractivity contribution is 5.94. The van der Waals surface area contributed by atoms with Gasteiger partial charge in [-0.2, -0.15) is 0 Å². The summed E-state index contributed by atoms with van der Waals surface area (Å²) in [4.78, 5) is 23.8. The molecule has 5 nitrogen and oxygen atoms in total. The van der Waals surface area contributed by atoms with E-state index in [9.17, 15) is 9.59 Å². The standard InChI is InChI=1S/C15H22O5/c1-11-10-12(16)4-5-15(11,13(17)18-3)7-6-14(2)19-8-9-20-14/h4-5,11H,6-10H2,1-3H3/t11-,15-/m1/s1. The van der Waals surface area contributed by atoms with Crippen molar-refractivity contribution < 1.29 is 23.8 Å². The van der Waals surface area contributed by atoms with Crippen LogP contribution in [0.3, 0.4) is 0 Å². The molecule has 20 heavy (non-hydrogen) atoms. The van der Waals surface area contributed by atoms with Gasteiger partial charge in [-0.25, -0.2) is 0 Å². The van der Waals surface area contributed by atoms with Gasteiger partial charge in [0.05, 0.1) is 25.7 Å². The van der Waals surface area contributed by atoms with E-state index in [2.05, 4.69) is 0 Å². The zero-order valence-corrected chi connectivity index (χ0v) is 12.3. The third-order valence-corrected chi connectivity index (χ3v) is 4.41. The monoisotopic (exact) mass is 282 g/mol. The normalized spacial score (nSPS) is 32.4. The van der Waals surface area contributed by atoms with Gasteiger partial charge in [0, 0.05) is 12.8 Å². The highest BCUT2D eigenvalue weighted by Gasteiger charge is 2.47. The lowest BCUT2D eigenvalue weighted by atomic mass is 9.67. The largest absolute Gasteiger partial charge is 0.468 e. The Morgan fingerprint density at radius 1 is 1.40 bits per heavy atom. The first-order valence-electron chi connectivity index (χ1n) is 7.00. The van der Waals surface area contributed by atoms with E-state index in [-0.39, 0.29) is 17.7 Å². The molecule has 1 aliphatic heterocycles. The molecule has 0 radical (unpaired) electrons. The Labute approximate surface area is 119 Å². The molecule has 0 N–H and O–H groups in total. The van der Waals surface area contributed by atoms with Gasteiger partial charge >= 0.3 is 5.97 Å². The van der Waals surface area contributed by atoms with Crippen LogP contribution in [0.1, 0.15) is 33.1 Å². The summed E-state index contributed by atoms with van der Waals surface area (Å²) in [5, 5.41) is 0. The van der Waals surface area contributed by atoms with Crippen LogP contribution >= 0.6 is 0 Å². The van der Waals surface area contributed by atoms with Crippen LogP contribution in [-0.2, 0) is 23.8 Å². The molecule has 0 saturated carbocycles. The predicted molar refractivity (Wildman–Crippen MR) is 71.9 cm³/mol. The van der Waals surface area contributed by atoms with E-state index in [1.807, 2.05) is 13.8 Å². The molecule has 0 aromatic heterocycles. The molecule has 2 aliphatic rings. The minimum atomic E-state index is -0.763. The van der Waals surface area contributed by atoms with Gasteiger partial charge in [0.15, 0.2) is 11.6 Å². The third-order valence-electron chi connectivity index (χ3n) is 4.41. The molecule has 2 atom stereocenters. The maximum atomic E-state index is 12.2. The molecular formula is C15H22O5. The predicted octanol–water partition coefficient (Wildman–Crippen LogP) is 1.85. The van der Waals surface area contributed by atoms with Gasteiger partial charge in [-0.3, -0.25) is 9.59 Å². The third kappa shape index (κ3) is 2.79. The van der Waals surface area contributed by atoms with Crippen molar-refractivity contribution in [3.05, 3.63) is 12.2 Å². The van der Waals surface area contributed by atoms with E-state index in [1.54, 1.807) is 6.08 Å². The number of ketones is 1. The summed E-state index contributed by atoms with van der Waals surface area (Å²) in [6, 6.07) is 0. The number of esters is 1. The highest BCUT2D eigenvalue weighted by atomic mass is 16.7. The van der Waals surface area contributed by atoms with Crippen molar-refractivity contribution in [2.45, 2.75) is 38.9 Å². The van der Waals surface area contributed by atoms with Crippen molar-refractivity contribution in [2.24, 2.45) is 11.3 Å². The molecule has 0 aromatic carbocycles. The van der Waals surface area contributed by atoms with E-state index in [1.165, 1.54) is 13.2 Å². The van der Waals surface area contributed by atoms with Crippen molar-refractivity contribution in [1.29, 1.82) is 0 Å². The fourth-order valence-electron chi connectivity index (χ4n) is 2.98. The molecular weight excluding hydrogens is 260 g/mol. The zero-order valence-electron chi connectivity index (χ0n) is 12.3. The average Bonchev–Trinajstić information content (AvgIpc) is 2.85. The van der Waals surface area contributed by atoms with Crippen LogP contribution in [0.15, 0.2) is 12.2 Å². The van der Waals surface area contributed by atoms with Crippen molar-refractivity contribution >= 4 is 11.8 Å². The Hall–Kier alpha value is -1.20. The zero-order chi connectivity index (χ0) is 14.8. The van der Waals surface area contributed by atoms with Gasteiger partial charge in [-0.05, 0) is 25.3 Å². The summed E-state index contributed by atoms with van der Waals surface area (Å²) in [6.07, 6.45) is 4.69. The second-order valence-corrected chi connectivity index (χ2v) is 5.77. The topological polar surface area (TPSA) is 61.8 Å². The van der Waals surface area contributed by atoms with Crippen molar-refractivity contribution in [3.63, 3.8) is 0 Å². The fraction of sp³-hybridized carbons (Fsp3) is 0.733. The molecule has 1 saturated heterocycles. The van der Waals surface area contributed by atoms with E-state index in [4.69, 9.17) is 14.2 Å². The molecule has 0 amide bonds. The Kier molecular flexibility index (Phi) is 4.30. The second kappa shape index (κ2) is 5.66. The maximum Gasteiger partial charge on any atom is 0.315 e. The van der Waals surface area contributed by atoms with Gasteiger partial charge in [0.2, 0.25) is 0 Å². The number of allylic oxidation sites excluding steroid dienone is 1. The summed E-state index contributed by atoms with van der Waals surface area (Å²) in [6.45, 7) is 4.95. The van der Waals surface area contributed by atoms with Crippen LogP contribution in [-0.4, -0.2) is 37.9 Å². The van der Waals surface area contributed by atoms with Gasteiger partial charge in [-0.15, -0.1) is 0 Å². The molecule has 0 bridgehead atoms. The van der Waals surface area contributed by atoms with Gasteiger partial charge in [0.25, 0.3) is 0 Å². The van der Waals surface area contributed by atoms with Gasteiger partial charge < -0.3 is 14.2 Å². The molecule has 1 fully saturated rings. The van der Waals surface area contributed by atoms with E-state index in [0.717, 1.165) is 0 Å². The first-order chi connectivity index (χ1) is 9.42. The van der Waals surface area contributed by atoms with Crippen molar-refractivity contribution in [1.82, 2.24) is 0 Å². The minimum absolute atomic E-state index is 0.0524. The number of rotatable bonds is 4. The summed E-state index contributed by atoms with van der Waals surface area (Å²) in [5.41, 5.74) is -0.763. The molecule has 1 aliphatic carbocycles. The lowest BCUT2D eigenvalue weighted by Gasteiger charge is -2.37. The number of carbonyl (C=O) groups is 2. The summed E-state index contributed by atoms with van der Waals surface area (Å²) >= 11 is 0. The van der Waals surface area contributed by atoms with Crippen LogP contribution in [0.5, 0.6) is 0 Å². The molecule has 0 spiro atoms. The summed E-state index contributed by atoms with van der Waals surface area (Å²) < 4.78 is 16.1. The van der Waals surface area contributed by atoms with Gasteiger partial charge in [-0.1, -0.05) is 13.0 Å². The Morgan fingerprint density at radius 3 is 2.60 bits per heavy atom. The molecule has 1 heterocycles. The fourth-order valence-corrected chi connectivity index (χ4v) is 2.98. The first-order valence-corrected chi connectivity index (χ1v) is 7.00. The van der Waals surface area contributed by atoms with E-state index in [0.29, 0.717) is 32.5 Å². The average molecular weight is 282 g/mol. The van der Waals surface area contributed by atoms with Crippen molar-refractivity contribution in [3.8, 4) is 0 Å². The summed E-state index contributed by atoms with van der Waals surface area (Å²) in [5.74, 6) is -0.972. The molecule has 0 unspecified atom stereocenters. The highest BCUT2D eigenvalue weighted by Crippen LogP contribution is 2.43. The molecule has 0 aromatic rings. The van der Waals surface area contributed by atoms with Crippen LogP contribution in [0.25, 0.3) is 0 Å². The van der Waals surface area contributed by atoms with Crippen LogP contribution in [0.2, 0.25) is 0 Å². The van der Waals surface area contributed by atoms with Crippen LogP contribution in [0.4, 0.5) is 0 Å². The number of ether oxygens (including phenoxy) is 3. The molecule has 5 heteroatoms. The molecule has 112 valence electrons. The number of carbonyl (C=O) groups excluding carboxylic acids is 2. The Balaban J connectivity index is 2.17. The molecule has 2 rings (SSSR count). The smallest absolute Gasteiger partial charge is 0.315 e. The minimum Gasteiger partial charge on any atom is -0.468 e. The van der Waals surface area contributed by atoms with E-state index >= 15 is 0 Å². The van der Waals surface area contributed by atoms with Crippen molar-refractivity contribution in [2.75, 3.05) is 20.3 Å². The Morgan fingerprint density at radius 2 is 2.05 bits per heavy atom. The quantitative estimate of drug-likeness (QED) is 0.736. The second-order valence-electron chi connectivity index (χ2n) is 5.77.